The molecule has 5 nitrogen and oxygen atoms in total. The van der Waals surface area contributed by atoms with E-state index in [2.05, 4.69) is 52.3 Å². The lowest BCUT2D eigenvalue weighted by Gasteiger charge is -2.33. The van der Waals surface area contributed by atoms with Gasteiger partial charge < -0.3 is 14.8 Å². The van der Waals surface area contributed by atoms with Gasteiger partial charge in [-0.1, -0.05) is 71.7 Å². The second-order valence-corrected chi connectivity index (χ2v) is 12.3. The number of rotatable bonds is 6. The minimum atomic E-state index is -0.0337. The largest absolute Gasteiger partial charge is 0.324 e. The fourth-order valence-electron chi connectivity index (χ4n) is 6.26. The second kappa shape index (κ2) is 11.5. The highest BCUT2D eigenvalue weighted by Crippen LogP contribution is 2.44. The minimum absolute atomic E-state index is 0.0280. The van der Waals surface area contributed by atoms with E-state index in [0.29, 0.717) is 25.0 Å². The van der Waals surface area contributed by atoms with E-state index in [1.54, 1.807) is 0 Å². The molecular formula is C35H32Cl2N4O. The molecule has 7 heteroatoms. The number of halogens is 2. The monoisotopic (exact) mass is 594 g/mol. The van der Waals surface area contributed by atoms with Crippen molar-refractivity contribution < 1.29 is 4.79 Å². The number of urea groups is 1. The molecule has 1 saturated heterocycles. The number of nitrogens with one attached hydrogen (secondary N) is 1. The van der Waals surface area contributed by atoms with Crippen LogP contribution in [0.3, 0.4) is 0 Å². The number of carbonyl (C=O) groups is 1. The lowest BCUT2D eigenvalue weighted by molar-refractivity contribution is 0.184. The van der Waals surface area contributed by atoms with Crippen molar-refractivity contribution in [3.8, 4) is 0 Å². The normalized spacial score (nSPS) is 15.8. The average Bonchev–Trinajstić information content (AvgIpc) is 3.80. The molecular weight excluding hydrogens is 563 g/mol. The van der Waals surface area contributed by atoms with Gasteiger partial charge in [0.15, 0.2) is 0 Å². The van der Waals surface area contributed by atoms with Gasteiger partial charge in [0.05, 0.1) is 11.0 Å². The summed E-state index contributed by atoms with van der Waals surface area (Å²) in [4.78, 5) is 20.1. The molecule has 1 N–H and O–H groups in total. The summed E-state index contributed by atoms with van der Waals surface area (Å²) in [5.41, 5.74) is 6.59. The van der Waals surface area contributed by atoms with Crippen LogP contribution in [0.4, 0.5) is 10.5 Å². The zero-order valence-corrected chi connectivity index (χ0v) is 24.7. The lowest BCUT2D eigenvalue weighted by Crippen LogP contribution is -2.41. The van der Waals surface area contributed by atoms with Crippen LogP contribution in [0.15, 0.2) is 97.1 Å². The molecule has 7 rings (SSSR count). The molecule has 0 radical (unpaired) electrons. The van der Waals surface area contributed by atoms with E-state index < -0.39 is 0 Å². The molecule has 2 fully saturated rings. The van der Waals surface area contributed by atoms with Gasteiger partial charge in [-0.15, -0.1) is 0 Å². The van der Waals surface area contributed by atoms with Crippen LogP contribution in [0.2, 0.25) is 10.0 Å². The maximum Gasteiger partial charge on any atom is 0.321 e. The van der Waals surface area contributed by atoms with Crippen molar-refractivity contribution in [2.24, 2.45) is 0 Å². The molecule has 4 aromatic carbocycles. The molecule has 1 aromatic heterocycles. The van der Waals surface area contributed by atoms with Crippen molar-refractivity contribution in [1.29, 1.82) is 0 Å². The van der Waals surface area contributed by atoms with Crippen LogP contribution in [-0.2, 0) is 0 Å². The summed E-state index contributed by atoms with van der Waals surface area (Å²) >= 11 is 12.5. The third kappa shape index (κ3) is 5.51. The minimum Gasteiger partial charge on any atom is -0.324 e. The number of piperidine rings is 1. The number of amides is 2. The van der Waals surface area contributed by atoms with E-state index in [-0.39, 0.29) is 11.9 Å². The highest BCUT2D eigenvalue weighted by molar-refractivity contribution is 6.30. The van der Waals surface area contributed by atoms with Gasteiger partial charge in [-0.25, -0.2) is 9.78 Å². The number of benzene rings is 4. The van der Waals surface area contributed by atoms with E-state index in [9.17, 15) is 4.79 Å². The quantitative estimate of drug-likeness (QED) is 0.199. The summed E-state index contributed by atoms with van der Waals surface area (Å²) < 4.78 is 2.50. The zero-order chi connectivity index (χ0) is 28.6. The van der Waals surface area contributed by atoms with Gasteiger partial charge in [-0.3, -0.25) is 0 Å². The van der Waals surface area contributed by atoms with Crippen LogP contribution in [-0.4, -0.2) is 33.6 Å². The summed E-state index contributed by atoms with van der Waals surface area (Å²) in [5.74, 6) is 1.74. The first-order valence-corrected chi connectivity index (χ1v) is 15.4. The first-order chi connectivity index (χ1) is 20.5. The Morgan fingerprint density at radius 2 is 1.36 bits per heavy atom. The number of hydrogen-bond acceptors (Lipinski definition) is 2. The average molecular weight is 596 g/mol. The molecule has 0 bridgehead atoms. The Bertz CT molecular complexity index is 1660. The number of imidazole rings is 1. The van der Waals surface area contributed by atoms with Gasteiger partial charge in [-0.2, -0.15) is 0 Å². The lowest BCUT2D eigenvalue weighted by atomic mass is 9.85. The number of anilines is 1. The Hall–Kier alpha value is -3.80. The summed E-state index contributed by atoms with van der Waals surface area (Å²) in [7, 11) is 0. The molecule has 42 heavy (non-hydrogen) atoms. The number of nitrogens with zero attached hydrogens (tertiary/aromatic N) is 3. The Kier molecular flexibility index (Phi) is 7.39. The molecule has 2 aliphatic rings. The molecule has 1 aliphatic heterocycles. The number of likely N-dealkylation sites (tertiary alicyclic amines) is 1. The van der Waals surface area contributed by atoms with Gasteiger partial charge in [0.2, 0.25) is 0 Å². The molecule has 2 amide bonds. The zero-order valence-electron chi connectivity index (χ0n) is 23.2. The standard InChI is InChI=1S/C35H32Cl2N4O/c36-27-13-8-23(9-14-27)33(24-10-15-28(37)16-11-24)26-12-17-31-32(22-26)41(34(39-31)25-6-7-25)30-18-20-40(21-19-30)35(42)38-29-4-2-1-3-5-29/h1-5,8-17,22,25,30,33H,6-7,18-21H2,(H,38,42). The van der Waals surface area contributed by atoms with Crippen LogP contribution < -0.4 is 5.32 Å². The fraction of sp³-hybridized carbons (Fsp3) is 0.257. The fourth-order valence-corrected chi connectivity index (χ4v) is 6.51. The Balaban J connectivity index is 1.22. The Morgan fingerprint density at radius 3 is 1.95 bits per heavy atom. The number of carbonyl (C=O) groups excluding carboxylic acids is 1. The van der Waals surface area contributed by atoms with Gasteiger partial charge >= 0.3 is 6.03 Å². The number of hydrogen-bond donors (Lipinski definition) is 1. The van der Waals surface area contributed by atoms with Gasteiger partial charge in [0.1, 0.15) is 5.82 Å². The number of aromatic nitrogens is 2. The third-order valence-corrected chi connectivity index (χ3v) is 9.07. The Morgan fingerprint density at radius 1 is 0.762 bits per heavy atom. The van der Waals surface area contributed by atoms with Crippen molar-refractivity contribution in [3.05, 3.63) is 130 Å². The van der Waals surface area contributed by atoms with Crippen molar-refractivity contribution in [2.45, 2.75) is 43.6 Å². The van der Waals surface area contributed by atoms with Gasteiger partial charge in [0.25, 0.3) is 0 Å². The van der Waals surface area contributed by atoms with E-state index in [1.807, 2.05) is 59.5 Å². The van der Waals surface area contributed by atoms with Crippen LogP contribution in [0, 0.1) is 0 Å². The first-order valence-electron chi connectivity index (χ1n) is 14.7. The molecule has 5 aromatic rings. The third-order valence-electron chi connectivity index (χ3n) is 8.57. The molecule has 1 aliphatic carbocycles. The predicted octanol–water partition coefficient (Wildman–Crippen LogP) is 9.27. The topological polar surface area (TPSA) is 50.2 Å². The summed E-state index contributed by atoms with van der Waals surface area (Å²) in [5, 5.41) is 4.48. The van der Waals surface area contributed by atoms with E-state index in [0.717, 1.165) is 34.1 Å². The van der Waals surface area contributed by atoms with Crippen molar-refractivity contribution in [2.75, 3.05) is 18.4 Å². The highest BCUT2D eigenvalue weighted by Gasteiger charge is 2.34. The van der Waals surface area contributed by atoms with Crippen molar-refractivity contribution in [3.63, 3.8) is 0 Å². The highest BCUT2D eigenvalue weighted by atomic mass is 35.5. The second-order valence-electron chi connectivity index (χ2n) is 11.4. The molecule has 0 unspecified atom stereocenters. The van der Waals surface area contributed by atoms with E-state index in [1.165, 1.54) is 40.9 Å². The number of fused-ring (bicyclic) bond motifs is 1. The van der Waals surface area contributed by atoms with Gasteiger partial charge in [0, 0.05) is 46.7 Å². The first kappa shape index (κ1) is 27.1. The van der Waals surface area contributed by atoms with Crippen LogP contribution in [0.1, 0.15) is 66.1 Å². The van der Waals surface area contributed by atoms with Crippen molar-refractivity contribution >= 4 is 46.0 Å². The number of para-hydroxylation sites is 1. The molecule has 212 valence electrons. The molecule has 0 spiro atoms. The summed E-state index contributed by atoms with van der Waals surface area (Å²) in [6, 6.07) is 32.9. The smallest absolute Gasteiger partial charge is 0.321 e. The predicted molar refractivity (Wildman–Crippen MR) is 171 cm³/mol. The summed E-state index contributed by atoms with van der Waals surface area (Å²) in [6.07, 6.45) is 4.17. The SMILES string of the molecule is O=C(Nc1ccccc1)N1CCC(n2c(C3CC3)nc3ccc(C(c4ccc(Cl)cc4)c4ccc(Cl)cc4)cc32)CC1. The van der Waals surface area contributed by atoms with Crippen LogP contribution >= 0.6 is 23.2 Å². The molecule has 0 atom stereocenters. The van der Waals surface area contributed by atoms with Crippen molar-refractivity contribution in [1.82, 2.24) is 14.5 Å². The molecule has 2 heterocycles. The van der Waals surface area contributed by atoms with E-state index >= 15 is 0 Å². The van der Waals surface area contributed by atoms with Crippen LogP contribution in [0.25, 0.3) is 11.0 Å². The Labute approximate surface area is 256 Å². The van der Waals surface area contributed by atoms with E-state index in [4.69, 9.17) is 28.2 Å². The maximum absolute atomic E-state index is 13.0. The maximum atomic E-state index is 13.0. The molecule has 1 saturated carbocycles. The van der Waals surface area contributed by atoms with Gasteiger partial charge in [-0.05, 0) is 90.9 Å². The summed E-state index contributed by atoms with van der Waals surface area (Å²) in [6.45, 7) is 1.43. The van der Waals surface area contributed by atoms with Crippen LogP contribution in [0.5, 0.6) is 0 Å².